The van der Waals surface area contributed by atoms with Gasteiger partial charge in [-0.15, -0.1) is 6.58 Å². The average molecular weight is 769 g/mol. The lowest BCUT2D eigenvalue weighted by atomic mass is 9.85. The number of likely N-dealkylation sites (tertiary alicyclic amines) is 1. The topological polar surface area (TPSA) is 211 Å². The fraction of sp³-hybridized carbons (Fsp3) is 0.568. The first kappa shape index (κ1) is 38.8. The molecule has 54 heavy (non-hydrogen) atoms. The SMILES string of the molecule is C=C[C@@H]1C[C@]1(NC(=O)[C@@H]1C[C@@H](Oc2nccc3cc(OC)ccc23)CN1C(=O)[C@@H](NC(=O)N[C@H]1C(=O)OCC1(C)C)C(C)(C)C)C(=O)NS(=O)(=O)C1CC1. The second-order valence-corrected chi connectivity index (χ2v) is 18.3. The first-order valence-electron chi connectivity index (χ1n) is 17.9. The number of rotatable bonds is 12. The summed E-state index contributed by atoms with van der Waals surface area (Å²) in [4.78, 5) is 73.9. The Labute approximate surface area is 314 Å². The molecule has 6 atom stereocenters. The van der Waals surface area contributed by atoms with Crippen molar-refractivity contribution in [1.29, 1.82) is 0 Å². The summed E-state index contributed by atoms with van der Waals surface area (Å²) in [5.74, 6) is -2.44. The largest absolute Gasteiger partial charge is 0.497 e. The number of pyridine rings is 1. The number of methoxy groups -OCH3 is 1. The summed E-state index contributed by atoms with van der Waals surface area (Å²) in [6.07, 6.45) is 3.26. The van der Waals surface area contributed by atoms with Gasteiger partial charge in [-0.1, -0.05) is 40.7 Å². The van der Waals surface area contributed by atoms with Gasteiger partial charge < -0.3 is 35.1 Å². The molecule has 4 N–H and O–H groups in total. The number of carbonyl (C=O) groups excluding carboxylic acids is 5. The summed E-state index contributed by atoms with van der Waals surface area (Å²) < 4.78 is 44.4. The molecule has 4 fully saturated rings. The summed E-state index contributed by atoms with van der Waals surface area (Å²) >= 11 is 0. The Morgan fingerprint density at radius 2 is 1.87 bits per heavy atom. The molecule has 0 spiro atoms. The van der Waals surface area contributed by atoms with E-state index >= 15 is 0 Å². The molecule has 1 aromatic carbocycles. The average Bonchev–Trinajstić information content (AvgIpc) is 4.02. The third-order valence-corrected chi connectivity index (χ3v) is 12.4. The molecule has 2 aromatic rings. The van der Waals surface area contributed by atoms with Gasteiger partial charge in [-0.25, -0.2) is 23.0 Å². The van der Waals surface area contributed by atoms with Crippen molar-refractivity contribution >= 4 is 50.5 Å². The fourth-order valence-electron chi connectivity index (χ4n) is 7.02. The van der Waals surface area contributed by atoms with Crippen LogP contribution < -0.4 is 30.1 Å². The van der Waals surface area contributed by atoms with Crippen molar-refractivity contribution in [3.63, 3.8) is 0 Å². The smallest absolute Gasteiger partial charge is 0.329 e. The van der Waals surface area contributed by atoms with E-state index in [2.05, 4.69) is 32.2 Å². The van der Waals surface area contributed by atoms with Gasteiger partial charge in [0.05, 0.1) is 25.5 Å². The quantitative estimate of drug-likeness (QED) is 0.181. The van der Waals surface area contributed by atoms with Crippen molar-refractivity contribution in [2.45, 2.75) is 95.3 Å². The van der Waals surface area contributed by atoms with E-state index < -0.39 is 91.5 Å². The van der Waals surface area contributed by atoms with Gasteiger partial charge in [0.25, 0.3) is 5.91 Å². The van der Waals surface area contributed by atoms with Crippen LogP contribution in [0.2, 0.25) is 0 Å². The van der Waals surface area contributed by atoms with Gasteiger partial charge in [0.15, 0.2) is 0 Å². The van der Waals surface area contributed by atoms with Crippen LogP contribution in [-0.2, 0) is 33.9 Å². The van der Waals surface area contributed by atoms with E-state index in [1.807, 2.05) is 6.07 Å². The zero-order chi connectivity index (χ0) is 39.4. The summed E-state index contributed by atoms with van der Waals surface area (Å²) in [7, 11) is -2.37. The van der Waals surface area contributed by atoms with Crippen molar-refractivity contribution in [2.24, 2.45) is 16.7 Å². The van der Waals surface area contributed by atoms with E-state index in [9.17, 15) is 32.4 Å². The lowest BCUT2D eigenvalue weighted by Crippen LogP contribution is -2.62. The lowest BCUT2D eigenvalue weighted by molar-refractivity contribution is -0.142. The van der Waals surface area contributed by atoms with E-state index in [1.165, 1.54) is 11.0 Å². The minimum atomic E-state index is -3.92. The summed E-state index contributed by atoms with van der Waals surface area (Å²) in [5.41, 5.74) is -3.17. The Bertz CT molecular complexity index is 1990. The van der Waals surface area contributed by atoms with Crippen LogP contribution >= 0.6 is 0 Å². The highest BCUT2D eigenvalue weighted by atomic mass is 32.2. The van der Waals surface area contributed by atoms with Crippen LogP contribution in [0.5, 0.6) is 11.6 Å². The van der Waals surface area contributed by atoms with Crippen molar-refractivity contribution in [3.8, 4) is 11.6 Å². The maximum Gasteiger partial charge on any atom is 0.329 e. The zero-order valence-corrected chi connectivity index (χ0v) is 32.1. The molecule has 5 amide bonds. The van der Waals surface area contributed by atoms with Crippen LogP contribution in [0.15, 0.2) is 43.1 Å². The van der Waals surface area contributed by atoms with Crippen molar-refractivity contribution in [1.82, 2.24) is 30.6 Å². The van der Waals surface area contributed by atoms with Crippen LogP contribution in [-0.4, -0.2) is 103 Å². The summed E-state index contributed by atoms with van der Waals surface area (Å²) in [5, 5.41) is 8.93. The number of hydrogen-bond donors (Lipinski definition) is 4. The zero-order valence-electron chi connectivity index (χ0n) is 31.3. The van der Waals surface area contributed by atoms with E-state index in [-0.39, 0.29) is 31.9 Å². The van der Waals surface area contributed by atoms with Crippen molar-refractivity contribution < 1.29 is 46.6 Å². The van der Waals surface area contributed by atoms with Gasteiger partial charge >= 0.3 is 12.0 Å². The molecule has 0 bridgehead atoms. The van der Waals surface area contributed by atoms with Crippen LogP contribution in [0.4, 0.5) is 4.79 Å². The number of benzene rings is 1. The molecule has 0 radical (unpaired) electrons. The fourth-order valence-corrected chi connectivity index (χ4v) is 8.38. The van der Waals surface area contributed by atoms with Crippen LogP contribution in [0.3, 0.4) is 0 Å². The van der Waals surface area contributed by atoms with Gasteiger partial charge in [-0.05, 0) is 54.3 Å². The Morgan fingerprint density at radius 1 is 1.15 bits per heavy atom. The first-order chi connectivity index (χ1) is 25.3. The second kappa shape index (κ2) is 14.0. The van der Waals surface area contributed by atoms with E-state index in [1.54, 1.807) is 66.1 Å². The molecular formula is C37H48N6O10S. The molecule has 0 unspecified atom stereocenters. The molecule has 2 saturated carbocycles. The third kappa shape index (κ3) is 7.68. The van der Waals surface area contributed by atoms with Gasteiger partial charge in [0.2, 0.25) is 27.7 Å². The number of urea groups is 1. The minimum absolute atomic E-state index is 0.0201. The third-order valence-electron chi connectivity index (χ3n) is 10.6. The van der Waals surface area contributed by atoms with Gasteiger partial charge in [-0.2, -0.15) is 0 Å². The molecule has 2 aliphatic carbocycles. The second-order valence-electron chi connectivity index (χ2n) is 16.3. The number of carbonyl (C=O) groups is 5. The van der Waals surface area contributed by atoms with Gasteiger partial charge in [0, 0.05) is 29.3 Å². The maximum atomic E-state index is 14.6. The predicted octanol–water partition coefficient (Wildman–Crippen LogP) is 1.93. The van der Waals surface area contributed by atoms with Gasteiger partial charge in [-0.3, -0.25) is 19.1 Å². The Kier molecular flexibility index (Phi) is 10.1. The van der Waals surface area contributed by atoms with E-state index in [0.717, 1.165) is 5.39 Å². The summed E-state index contributed by atoms with van der Waals surface area (Å²) in [6.45, 7) is 12.6. The Balaban J connectivity index is 1.28. The highest BCUT2D eigenvalue weighted by Crippen LogP contribution is 2.45. The number of nitrogens with zero attached hydrogens (tertiary/aromatic N) is 2. The monoisotopic (exact) mass is 768 g/mol. The molecule has 2 aliphatic heterocycles. The van der Waals surface area contributed by atoms with Gasteiger partial charge in [0.1, 0.15) is 35.5 Å². The molecule has 3 heterocycles. The van der Waals surface area contributed by atoms with Crippen LogP contribution in [0.1, 0.15) is 60.3 Å². The number of amides is 5. The summed E-state index contributed by atoms with van der Waals surface area (Å²) in [6, 6.07) is 3.04. The molecule has 292 valence electrons. The molecule has 2 saturated heterocycles. The highest BCUT2D eigenvalue weighted by Gasteiger charge is 2.62. The standard InChI is InChI=1S/C37H48N6O10S/c1-8-21-17-37(21,33(47)42-54(49,50)24-10-11-24)41-29(44)26-16-23(53-30-25-12-9-22(51-7)15-20(25)13-14-38-30)18-43(26)31(45)27(35(2,3)4)39-34(48)40-28-32(46)52-19-36(28,5)6/h8-9,12-15,21,23-24,26-28H,1,10-11,16-19H2,2-7H3,(H,41,44)(H,42,47)(H2,39,40,48)/t21-,23-,26+,27-,28+,37-/m1/s1. The van der Waals surface area contributed by atoms with Crippen LogP contribution in [0, 0.1) is 16.7 Å². The van der Waals surface area contributed by atoms with Crippen molar-refractivity contribution in [2.75, 3.05) is 20.3 Å². The molecule has 6 rings (SSSR count). The molecule has 17 heteroatoms. The molecular weight excluding hydrogens is 721 g/mol. The Morgan fingerprint density at radius 3 is 2.46 bits per heavy atom. The maximum absolute atomic E-state index is 14.6. The number of hydrogen-bond acceptors (Lipinski definition) is 11. The number of esters is 1. The normalized spacial score (nSPS) is 26.6. The number of cyclic esters (lactones) is 1. The first-order valence-corrected chi connectivity index (χ1v) is 19.5. The number of ether oxygens (including phenoxy) is 3. The number of sulfonamides is 1. The number of fused-ring (bicyclic) bond motifs is 1. The van der Waals surface area contributed by atoms with Crippen LogP contribution in [0.25, 0.3) is 10.8 Å². The lowest BCUT2D eigenvalue weighted by Gasteiger charge is -2.36. The predicted molar refractivity (Wildman–Crippen MR) is 196 cm³/mol. The number of aromatic nitrogens is 1. The van der Waals surface area contributed by atoms with Crippen molar-refractivity contribution in [3.05, 3.63) is 43.1 Å². The molecule has 16 nitrogen and oxygen atoms in total. The molecule has 4 aliphatic rings. The minimum Gasteiger partial charge on any atom is -0.497 e. The molecule has 1 aromatic heterocycles. The van der Waals surface area contributed by atoms with E-state index in [4.69, 9.17) is 14.2 Å². The number of nitrogens with one attached hydrogen (secondary N) is 4. The highest BCUT2D eigenvalue weighted by molar-refractivity contribution is 7.91. The van der Waals surface area contributed by atoms with E-state index in [0.29, 0.717) is 24.0 Å². The Hall–Kier alpha value is -4.93.